The van der Waals surface area contributed by atoms with E-state index in [1.54, 1.807) is 11.9 Å². The summed E-state index contributed by atoms with van der Waals surface area (Å²) in [5, 5.41) is 0. The van der Waals surface area contributed by atoms with Gasteiger partial charge in [0.15, 0.2) is 0 Å². The van der Waals surface area contributed by atoms with Crippen molar-refractivity contribution in [2.24, 2.45) is 5.73 Å². The highest BCUT2D eigenvalue weighted by atomic mass is 35.5. The molecule has 0 bridgehead atoms. The minimum Gasteiger partial charge on any atom is -0.339 e. The van der Waals surface area contributed by atoms with Gasteiger partial charge in [-0.1, -0.05) is 41.9 Å². The van der Waals surface area contributed by atoms with Gasteiger partial charge in [0.2, 0.25) is 5.91 Å². The van der Waals surface area contributed by atoms with Gasteiger partial charge in [-0.3, -0.25) is 4.79 Å². The number of thiophene rings is 1. The molecule has 1 atom stereocenters. The first-order chi connectivity index (χ1) is 9.08. The molecule has 1 aromatic heterocycles. The minimum atomic E-state index is -0.623. The number of rotatable bonds is 4. The molecule has 100 valence electrons. The Kier molecular flexibility index (Phi) is 4.58. The average molecular weight is 295 g/mol. The first kappa shape index (κ1) is 14.1. The molecule has 0 saturated heterocycles. The Labute approximate surface area is 121 Å². The SMILES string of the molecule is CN(Cc1ccc(Cl)s1)C(=O)C(N)c1ccccc1. The van der Waals surface area contributed by atoms with Gasteiger partial charge in [-0.25, -0.2) is 0 Å². The number of amides is 1. The van der Waals surface area contributed by atoms with E-state index in [0.717, 1.165) is 14.8 Å². The fraction of sp³-hybridized carbons (Fsp3) is 0.214. The van der Waals surface area contributed by atoms with Gasteiger partial charge in [0.05, 0.1) is 10.9 Å². The van der Waals surface area contributed by atoms with Crippen LogP contribution in [-0.4, -0.2) is 17.9 Å². The van der Waals surface area contributed by atoms with Crippen LogP contribution in [0.4, 0.5) is 0 Å². The number of nitrogens with zero attached hydrogens (tertiary/aromatic N) is 1. The van der Waals surface area contributed by atoms with Crippen LogP contribution in [0.3, 0.4) is 0 Å². The molecule has 1 aromatic carbocycles. The third-order valence-electron chi connectivity index (χ3n) is 2.82. The van der Waals surface area contributed by atoms with Gasteiger partial charge in [0, 0.05) is 11.9 Å². The molecule has 19 heavy (non-hydrogen) atoms. The standard InChI is InChI=1S/C14H15ClN2OS/c1-17(9-11-7-8-12(15)19-11)14(18)13(16)10-5-3-2-4-6-10/h2-8,13H,9,16H2,1H3. The van der Waals surface area contributed by atoms with Crippen LogP contribution in [0.25, 0.3) is 0 Å². The molecule has 0 aliphatic carbocycles. The van der Waals surface area contributed by atoms with Crippen molar-refractivity contribution in [3.8, 4) is 0 Å². The summed E-state index contributed by atoms with van der Waals surface area (Å²) in [6, 6.07) is 12.5. The molecule has 5 heteroatoms. The molecule has 0 fully saturated rings. The normalized spacial score (nSPS) is 12.2. The van der Waals surface area contributed by atoms with E-state index in [0.29, 0.717) is 6.54 Å². The van der Waals surface area contributed by atoms with Gasteiger partial charge in [-0.05, 0) is 17.7 Å². The van der Waals surface area contributed by atoms with Crippen LogP contribution in [-0.2, 0) is 11.3 Å². The Bertz CT molecular complexity index is 556. The molecule has 0 spiro atoms. The van der Waals surface area contributed by atoms with E-state index in [4.69, 9.17) is 17.3 Å². The Balaban J connectivity index is 2.03. The Morgan fingerprint density at radius 3 is 2.58 bits per heavy atom. The predicted molar refractivity (Wildman–Crippen MR) is 79.2 cm³/mol. The third-order valence-corrected chi connectivity index (χ3v) is 4.04. The van der Waals surface area contributed by atoms with Crippen molar-refractivity contribution in [2.75, 3.05) is 7.05 Å². The van der Waals surface area contributed by atoms with Crippen molar-refractivity contribution >= 4 is 28.8 Å². The van der Waals surface area contributed by atoms with Crippen molar-refractivity contribution in [3.05, 3.63) is 57.2 Å². The Morgan fingerprint density at radius 2 is 2.00 bits per heavy atom. The molecule has 1 heterocycles. The molecule has 0 aliphatic heterocycles. The molecule has 2 aromatic rings. The highest BCUT2D eigenvalue weighted by Gasteiger charge is 2.20. The summed E-state index contributed by atoms with van der Waals surface area (Å²) in [5.41, 5.74) is 6.81. The molecule has 2 rings (SSSR count). The largest absolute Gasteiger partial charge is 0.339 e. The van der Waals surface area contributed by atoms with E-state index < -0.39 is 6.04 Å². The monoisotopic (exact) mass is 294 g/mol. The second-order valence-electron chi connectivity index (χ2n) is 4.29. The lowest BCUT2D eigenvalue weighted by molar-refractivity contribution is -0.131. The van der Waals surface area contributed by atoms with Crippen LogP contribution < -0.4 is 5.73 Å². The van der Waals surface area contributed by atoms with E-state index in [1.165, 1.54) is 11.3 Å². The summed E-state index contributed by atoms with van der Waals surface area (Å²) in [7, 11) is 1.75. The second-order valence-corrected chi connectivity index (χ2v) is 6.09. The van der Waals surface area contributed by atoms with E-state index in [2.05, 4.69) is 0 Å². The average Bonchev–Trinajstić information content (AvgIpc) is 2.83. The van der Waals surface area contributed by atoms with Crippen molar-refractivity contribution in [2.45, 2.75) is 12.6 Å². The lowest BCUT2D eigenvalue weighted by Crippen LogP contribution is -2.35. The summed E-state index contributed by atoms with van der Waals surface area (Å²) in [6.45, 7) is 0.525. The van der Waals surface area contributed by atoms with Crippen molar-refractivity contribution in [1.82, 2.24) is 4.90 Å². The highest BCUT2D eigenvalue weighted by molar-refractivity contribution is 7.16. The van der Waals surface area contributed by atoms with Gasteiger partial charge in [0.25, 0.3) is 0 Å². The van der Waals surface area contributed by atoms with E-state index in [9.17, 15) is 4.79 Å². The fourth-order valence-corrected chi connectivity index (χ4v) is 2.93. The topological polar surface area (TPSA) is 46.3 Å². The zero-order valence-corrected chi connectivity index (χ0v) is 12.1. The molecule has 1 amide bonds. The second kappa shape index (κ2) is 6.19. The lowest BCUT2D eigenvalue weighted by Gasteiger charge is -2.21. The minimum absolute atomic E-state index is 0.101. The van der Waals surface area contributed by atoms with E-state index in [-0.39, 0.29) is 5.91 Å². The molecular formula is C14H15ClN2OS. The summed E-state index contributed by atoms with van der Waals surface area (Å²) in [6.07, 6.45) is 0. The third kappa shape index (κ3) is 3.56. The maximum absolute atomic E-state index is 12.2. The molecule has 3 nitrogen and oxygen atoms in total. The van der Waals surface area contributed by atoms with Crippen molar-refractivity contribution in [3.63, 3.8) is 0 Å². The fourth-order valence-electron chi connectivity index (χ4n) is 1.79. The van der Waals surface area contributed by atoms with Gasteiger partial charge in [0.1, 0.15) is 6.04 Å². The van der Waals surface area contributed by atoms with Crippen LogP contribution in [0.15, 0.2) is 42.5 Å². The summed E-state index contributed by atoms with van der Waals surface area (Å²) < 4.78 is 0.725. The maximum Gasteiger partial charge on any atom is 0.244 e. The molecular weight excluding hydrogens is 280 g/mol. The lowest BCUT2D eigenvalue weighted by atomic mass is 10.1. The van der Waals surface area contributed by atoms with Gasteiger partial charge in [-0.15, -0.1) is 11.3 Å². The number of likely N-dealkylation sites (N-methyl/N-ethyl adjacent to an activating group) is 1. The van der Waals surface area contributed by atoms with Crippen LogP contribution in [0.1, 0.15) is 16.5 Å². The molecule has 0 saturated carbocycles. The molecule has 1 unspecified atom stereocenters. The van der Waals surface area contributed by atoms with Crippen LogP contribution in [0.2, 0.25) is 4.34 Å². The van der Waals surface area contributed by atoms with E-state index >= 15 is 0 Å². The summed E-state index contributed by atoms with van der Waals surface area (Å²) in [4.78, 5) is 14.9. The van der Waals surface area contributed by atoms with Crippen molar-refractivity contribution < 1.29 is 4.79 Å². The number of hydrogen-bond acceptors (Lipinski definition) is 3. The Hall–Kier alpha value is -1.36. The van der Waals surface area contributed by atoms with E-state index in [1.807, 2.05) is 42.5 Å². The van der Waals surface area contributed by atoms with Gasteiger partial charge >= 0.3 is 0 Å². The number of carbonyl (C=O) groups is 1. The zero-order chi connectivity index (χ0) is 13.8. The number of carbonyl (C=O) groups excluding carboxylic acids is 1. The predicted octanol–water partition coefficient (Wildman–Crippen LogP) is 3.06. The smallest absolute Gasteiger partial charge is 0.244 e. The number of nitrogens with two attached hydrogens (primary N) is 1. The number of benzene rings is 1. The molecule has 0 aliphatic rings. The summed E-state index contributed by atoms with van der Waals surface area (Å²) in [5.74, 6) is -0.101. The highest BCUT2D eigenvalue weighted by Crippen LogP contribution is 2.23. The quantitative estimate of drug-likeness (QED) is 0.942. The van der Waals surface area contributed by atoms with Crippen molar-refractivity contribution in [1.29, 1.82) is 0 Å². The summed E-state index contributed by atoms with van der Waals surface area (Å²) >= 11 is 7.34. The Morgan fingerprint density at radius 1 is 1.32 bits per heavy atom. The molecule has 2 N–H and O–H groups in total. The maximum atomic E-state index is 12.2. The number of halogens is 1. The zero-order valence-electron chi connectivity index (χ0n) is 10.5. The van der Waals surface area contributed by atoms with Crippen LogP contribution >= 0.6 is 22.9 Å². The first-order valence-electron chi connectivity index (χ1n) is 5.87. The number of hydrogen-bond donors (Lipinski definition) is 1. The van der Waals surface area contributed by atoms with Crippen LogP contribution in [0, 0.1) is 0 Å². The first-order valence-corrected chi connectivity index (χ1v) is 7.07. The molecule has 0 radical (unpaired) electrons. The van der Waals surface area contributed by atoms with Gasteiger partial charge < -0.3 is 10.6 Å². The van der Waals surface area contributed by atoms with Crippen LogP contribution in [0.5, 0.6) is 0 Å². The van der Waals surface area contributed by atoms with Gasteiger partial charge in [-0.2, -0.15) is 0 Å².